The van der Waals surface area contributed by atoms with Crippen LogP contribution in [0.1, 0.15) is 10.4 Å². The number of fused-ring (bicyclic) bond motifs is 1. The quantitative estimate of drug-likeness (QED) is 0.523. The third-order valence-electron chi connectivity index (χ3n) is 4.29. The summed E-state index contributed by atoms with van der Waals surface area (Å²) in [7, 11) is 0. The zero-order chi connectivity index (χ0) is 18.3. The predicted molar refractivity (Wildman–Crippen MR) is 99.5 cm³/mol. The van der Waals surface area contributed by atoms with Crippen LogP contribution in [0.25, 0.3) is 21.3 Å². The Morgan fingerprint density at radius 3 is 2.62 bits per heavy atom. The first kappa shape index (κ1) is 16.6. The molecule has 0 aliphatic rings. The lowest BCUT2D eigenvalue weighted by atomic mass is 10.0. The van der Waals surface area contributed by atoms with E-state index >= 15 is 0 Å². The van der Waals surface area contributed by atoms with E-state index in [4.69, 9.17) is 0 Å². The molecule has 0 amide bonds. The molecule has 2 heterocycles. The first-order valence-corrected chi connectivity index (χ1v) is 8.84. The minimum Gasteiger partial charge on any atom is -0.294 e. The second kappa shape index (κ2) is 6.46. The van der Waals surface area contributed by atoms with E-state index in [-0.39, 0.29) is 17.7 Å². The van der Waals surface area contributed by atoms with Crippen LogP contribution in [0.4, 0.5) is 8.78 Å². The van der Waals surface area contributed by atoms with Gasteiger partial charge in [0, 0.05) is 16.0 Å². The summed E-state index contributed by atoms with van der Waals surface area (Å²) >= 11 is 1.45. The smallest absolute Gasteiger partial charge is 0.263 e. The number of halogens is 2. The summed E-state index contributed by atoms with van der Waals surface area (Å²) in [4.78, 5) is 19.0. The largest absolute Gasteiger partial charge is 0.294 e. The Labute approximate surface area is 152 Å². The fourth-order valence-corrected chi connectivity index (χ4v) is 4.06. The van der Waals surface area contributed by atoms with Crippen molar-refractivity contribution in [3.8, 4) is 11.1 Å². The monoisotopic (exact) mass is 368 g/mol. The first-order valence-electron chi connectivity index (χ1n) is 8.03. The highest BCUT2D eigenvalue weighted by atomic mass is 32.1. The van der Waals surface area contributed by atoms with Crippen LogP contribution < -0.4 is 5.56 Å². The summed E-state index contributed by atoms with van der Waals surface area (Å²) in [6, 6.07) is 13.6. The van der Waals surface area contributed by atoms with Gasteiger partial charge < -0.3 is 0 Å². The number of hydrogen-bond donors (Lipinski definition) is 0. The van der Waals surface area contributed by atoms with E-state index in [9.17, 15) is 13.6 Å². The fraction of sp³-hybridized carbons (Fsp3) is 0.100. The topological polar surface area (TPSA) is 34.9 Å². The number of rotatable bonds is 3. The molecule has 6 heteroatoms. The third kappa shape index (κ3) is 2.72. The molecule has 0 aliphatic carbocycles. The Bertz CT molecular complexity index is 1170. The van der Waals surface area contributed by atoms with Gasteiger partial charge in [0.1, 0.15) is 4.83 Å². The van der Waals surface area contributed by atoms with Crippen LogP contribution in [-0.4, -0.2) is 9.55 Å². The lowest BCUT2D eigenvalue weighted by molar-refractivity contribution is 0.494. The molecular formula is C20H14F2N2OS. The number of thiophene rings is 1. The maximum atomic E-state index is 14.0. The van der Waals surface area contributed by atoms with E-state index in [0.717, 1.165) is 22.1 Å². The van der Waals surface area contributed by atoms with E-state index < -0.39 is 11.6 Å². The van der Waals surface area contributed by atoms with Crippen molar-refractivity contribution >= 4 is 21.6 Å². The molecule has 3 nitrogen and oxygen atoms in total. The van der Waals surface area contributed by atoms with Crippen LogP contribution in [-0.2, 0) is 6.54 Å². The maximum absolute atomic E-state index is 14.0. The number of nitrogens with zero attached hydrogens (tertiary/aromatic N) is 2. The molecule has 0 unspecified atom stereocenters. The molecule has 0 radical (unpaired) electrons. The normalized spacial score (nSPS) is 11.2. The van der Waals surface area contributed by atoms with Gasteiger partial charge in [0.2, 0.25) is 0 Å². The second-order valence-electron chi connectivity index (χ2n) is 5.97. The summed E-state index contributed by atoms with van der Waals surface area (Å²) in [6.07, 6.45) is 1.39. The van der Waals surface area contributed by atoms with Crippen LogP contribution >= 0.6 is 11.3 Å². The number of benzene rings is 2. The molecule has 0 fully saturated rings. The van der Waals surface area contributed by atoms with E-state index in [0.29, 0.717) is 10.2 Å². The molecule has 2 aromatic carbocycles. The van der Waals surface area contributed by atoms with Crippen LogP contribution in [0, 0.1) is 18.6 Å². The molecule has 4 aromatic rings. The van der Waals surface area contributed by atoms with Crippen LogP contribution in [0.2, 0.25) is 0 Å². The summed E-state index contributed by atoms with van der Waals surface area (Å²) in [5, 5.41) is 0.512. The Morgan fingerprint density at radius 1 is 1.08 bits per heavy atom. The SMILES string of the molecule is Cc1sc2ncn(Cc3cccc(F)c3F)c(=O)c2c1-c1ccccc1. The maximum Gasteiger partial charge on any atom is 0.263 e. The molecule has 0 atom stereocenters. The number of hydrogen-bond acceptors (Lipinski definition) is 3. The van der Waals surface area contributed by atoms with Gasteiger partial charge in [-0.25, -0.2) is 13.8 Å². The Kier molecular flexibility index (Phi) is 4.12. The van der Waals surface area contributed by atoms with E-state index in [2.05, 4.69) is 4.98 Å². The van der Waals surface area contributed by atoms with Gasteiger partial charge in [-0.1, -0.05) is 42.5 Å². The summed E-state index contributed by atoms with van der Waals surface area (Å²) in [5.41, 5.74) is 1.63. The molecule has 130 valence electrons. The van der Waals surface area contributed by atoms with Crippen molar-refractivity contribution in [3.63, 3.8) is 0 Å². The van der Waals surface area contributed by atoms with Gasteiger partial charge in [0.25, 0.3) is 5.56 Å². The van der Waals surface area contributed by atoms with Gasteiger partial charge in [0.15, 0.2) is 11.6 Å². The van der Waals surface area contributed by atoms with Crippen molar-refractivity contribution in [1.29, 1.82) is 0 Å². The molecule has 0 saturated heterocycles. The van der Waals surface area contributed by atoms with Gasteiger partial charge >= 0.3 is 0 Å². The molecule has 0 bridgehead atoms. The molecule has 0 saturated carbocycles. The molecule has 2 aromatic heterocycles. The number of aromatic nitrogens is 2. The minimum atomic E-state index is -0.940. The van der Waals surface area contributed by atoms with E-state index in [1.165, 1.54) is 34.4 Å². The van der Waals surface area contributed by atoms with Gasteiger partial charge in [0.05, 0.1) is 18.3 Å². The lowest BCUT2D eigenvalue weighted by Gasteiger charge is -2.08. The minimum absolute atomic E-state index is 0.0749. The molecule has 26 heavy (non-hydrogen) atoms. The van der Waals surface area contributed by atoms with Gasteiger partial charge in [-0.15, -0.1) is 11.3 Å². The Morgan fingerprint density at radius 2 is 1.85 bits per heavy atom. The molecule has 4 rings (SSSR count). The molecule has 0 spiro atoms. The van der Waals surface area contributed by atoms with Crippen molar-refractivity contribution in [2.24, 2.45) is 0 Å². The van der Waals surface area contributed by atoms with Crippen molar-refractivity contribution in [2.75, 3.05) is 0 Å². The van der Waals surface area contributed by atoms with Crippen molar-refractivity contribution in [3.05, 3.63) is 87.3 Å². The highest BCUT2D eigenvalue weighted by Gasteiger charge is 2.17. The first-order chi connectivity index (χ1) is 12.6. The van der Waals surface area contributed by atoms with Gasteiger partial charge in [-0.2, -0.15) is 0 Å². The highest BCUT2D eigenvalue weighted by Crippen LogP contribution is 2.35. The van der Waals surface area contributed by atoms with Gasteiger partial charge in [-0.3, -0.25) is 9.36 Å². The molecular weight excluding hydrogens is 354 g/mol. The standard InChI is InChI=1S/C20H14F2N2OS/c1-12-16(13-6-3-2-4-7-13)17-19(26-12)23-11-24(20(17)25)10-14-8-5-9-15(21)18(14)22/h2-9,11H,10H2,1H3. The Hall–Kier alpha value is -2.86. The van der Waals surface area contributed by atoms with Crippen LogP contribution in [0.3, 0.4) is 0 Å². The molecule has 0 N–H and O–H groups in total. The summed E-state index contributed by atoms with van der Waals surface area (Å²) in [5.74, 6) is -1.87. The highest BCUT2D eigenvalue weighted by molar-refractivity contribution is 7.19. The molecule has 0 aliphatic heterocycles. The summed E-state index contributed by atoms with van der Waals surface area (Å²) in [6.45, 7) is 1.87. The average molecular weight is 368 g/mol. The average Bonchev–Trinajstić information content (AvgIpc) is 2.99. The van der Waals surface area contributed by atoms with E-state index in [1.807, 2.05) is 37.3 Å². The van der Waals surface area contributed by atoms with Gasteiger partial charge in [-0.05, 0) is 18.6 Å². The third-order valence-corrected chi connectivity index (χ3v) is 5.30. The summed E-state index contributed by atoms with van der Waals surface area (Å²) < 4.78 is 28.7. The predicted octanol–water partition coefficient (Wildman–Crippen LogP) is 4.76. The lowest BCUT2D eigenvalue weighted by Crippen LogP contribution is -2.21. The zero-order valence-corrected chi connectivity index (χ0v) is 14.7. The zero-order valence-electron chi connectivity index (χ0n) is 13.9. The van der Waals surface area contributed by atoms with Crippen LogP contribution in [0.5, 0.6) is 0 Å². The van der Waals surface area contributed by atoms with E-state index in [1.54, 1.807) is 0 Å². The number of aryl methyl sites for hydroxylation is 1. The second-order valence-corrected chi connectivity index (χ2v) is 7.17. The van der Waals surface area contributed by atoms with Crippen molar-refractivity contribution in [1.82, 2.24) is 9.55 Å². The van der Waals surface area contributed by atoms with Crippen LogP contribution in [0.15, 0.2) is 59.7 Å². The Balaban J connectivity index is 1.90. The van der Waals surface area contributed by atoms with Crippen molar-refractivity contribution < 1.29 is 8.78 Å². The fourth-order valence-electron chi connectivity index (χ4n) is 3.06. The van der Waals surface area contributed by atoms with Crippen molar-refractivity contribution in [2.45, 2.75) is 13.5 Å².